The van der Waals surface area contributed by atoms with Crippen LogP contribution in [-0.2, 0) is 0 Å². The average molecular weight is 532 g/mol. The number of aromatic nitrogens is 1. The minimum absolute atomic E-state index is 1.17. The van der Waals surface area contributed by atoms with Crippen molar-refractivity contribution in [1.82, 2.24) is 4.98 Å². The van der Waals surface area contributed by atoms with Crippen molar-refractivity contribution in [2.24, 2.45) is 0 Å². The van der Waals surface area contributed by atoms with Gasteiger partial charge in [0.2, 0.25) is 0 Å². The first-order valence-corrected chi connectivity index (χ1v) is 14.5. The zero-order chi connectivity index (χ0) is 27.6. The third kappa shape index (κ3) is 3.28. The number of hydrogen-bond acceptors (Lipinski definition) is 1. The fourth-order valence-corrected chi connectivity index (χ4v) is 7.13. The van der Waals surface area contributed by atoms with Crippen molar-refractivity contribution >= 4 is 64.6 Å². The number of fused-ring (bicyclic) bond motifs is 6. The van der Waals surface area contributed by atoms with Gasteiger partial charge in [0, 0.05) is 23.3 Å². The molecule has 0 unspecified atom stereocenters. The maximum Gasteiger partial charge on any atom is 0.0353 e. The fourth-order valence-electron chi connectivity index (χ4n) is 7.13. The highest BCUT2D eigenvalue weighted by Crippen LogP contribution is 2.49. The molecule has 0 aliphatic heterocycles. The Balaban J connectivity index is 1.55. The lowest BCUT2D eigenvalue weighted by Crippen LogP contribution is -1.94. The molecule has 0 aliphatic rings. The summed E-state index contributed by atoms with van der Waals surface area (Å²) < 4.78 is 0. The smallest absolute Gasteiger partial charge is 0.0353 e. The molecule has 0 radical (unpaired) electrons. The van der Waals surface area contributed by atoms with Crippen LogP contribution in [0.1, 0.15) is 0 Å². The quantitative estimate of drug-likeness (QED) is 0.202. The van der Waals surface area contributed by atoms with Crippen LogP contribution in [0.5, 0.6) is 0 Å². The minimum Gasteiger partial charge on any atom is -0.264 e. The summed E-state index contributed by atoms with van der Waals surface area (Å²) in [7, 11) is 0. The summed E-state index contributed by atoms with van der Waals surface area (Å²) in [5, 5.41) is 14.9. The Labute approximate surface area is 243 Å². The topological polar surface area (TPSA) is 12.9 Å². The standard InChI is InChI=1S/C41H25N/c1-5-15-30-26(11-1)23-27-12-2-6-16-31(27)38(30)40-34-19-9-10-20-35(34)41(37-25-42-22-21-36(37)40)39-32-17-7-3-13-28(32)24-29-14-4-8-18-33(29)39/h1-25H. The molecule has 0 fully saturated rings. The van der Waals surface area contributed by atoms with E-state index in [4.69, 9.17) is 4.98 Å². The number of nitrogens with zero attached hydrogens (tertiary/aromatic N) is 1. The predicted octanol–water partition coefficient (Wildman–Crippen LogP) is 11.3. The summed E-state index contributed by atoms with van der Waals surface area (Å²) in [4.78, 5) is 4.73. The van der Waals surface area contributed by atoms with Gasteiger partial charge in [0.05, 0.1) is 0 Å². The normalized spacial score (nSPS) is 11.8. The van der Waals surface area contributed by atoms with E-state index in [1.165, 1.54) is 86.9 Å². The highest BCUT2D eigenvalue weighted by atomic mass is 14.6. The molecule has 0 N–H and O–H groups in total. The van der Waals surface area contributed by atoms with Gasteiger partial charge in [-0.15, -0.1) is 0 Å². The summed E-state index contributed by atoms with van der Waals surface area (Å²) in [5.74, 6) is 0. The van der Waals surface area contributed by atoms with Crippen molar-refractivity contribution in [3.8, 4) is 22.3 Å². The molecule has 194 valence electrons. The molecule has 42 heavy (non-hydrogen) atoms. The van der Waals surface area contributed by atoms with E-state index in [9.17, 15) is 0 Å². The van der Waals surface area contributed by atoms with Crippen molar-refractivity contribution in [2.45, 2.75) is 0 Å². The molecule has 1 aromatic heterocycles. The minimum atomic E-state index is 1.17. The third-order valence-corrected chi connectivity index (χ3v) is 8.87. The summed E-state index contributed by atoms with van der Waals surface area (Å²) in [6.45, 7) is 0. The Kier molecular flexibility index (Phi) is 4.97. The molecule has 0 bridgehead atoms. The Hall–Kier alpha value is -5.53. The van der Waals surface area contributed by atoms with Gasteiger partial charge in [0.15, 0.2) is 0 Å². The summed E-state index contributed by atoms with van der Waals surface area (Å²) in [5.41, 5.74) is 5.07. The van der Waals surface area contributed by atoms with Crippen molar-refractivity contribution in [2.75, 3.05) is 0 Å². The monoisotopic (exact) mass is 531 g/mol. The predicted molar refractivity (Wildman–Crippen MR) is 180 cm³/mol. The lowest BCUT2D eigenvalue weighted by molar-refractivity contribution is 1.37. The SMILES string of the molecule is c1ccc2c(-c3c4ccccc4c(-c4c5ccccc5cc5ccccc45)c4cnccc34)c3ccccc3cc2c1. The largest absolute Gasteiger partial charge is 0.264 e. The molecule has 1 heterocycles. The van der Waals surface area contributed by atoms with Crippen LogP contribution in [0.15, 0.2) is 152 Å². The van der Waals surface area contributed by atoms with Gasteiger partial charge in [-0.3, -0.25) is 4.98 Å². The van der Waals surface area contributed by atoms with Crippen LogP contribution in [0.3, 0.4) is 0 Å². The van der Waals surface area contributed by atoms with Gasteiger partial charge >= 0.3 is 0 Å². The van der Waals surface area contributed by atoms with Gasteiger partial charge in [-0.1, -0.05) is 121 Å². The van der Waals surface area contributed by atoms with Crippen molar-refractivity contribution in [3.63, 3.8) is 0 Å². The fraction of sp³-hybridized carbons (Fsp3) is 0. The Bertz CT molecular complexity index is 2180. The maximum absolute atomic E-state index is 4.73. The van der Waals surface area contributed by atoms with Crippen LogP contribution in [0.4, 0.5) is 0 Å². The first-order chi connectivity index (χ1) is 20.9. The highest BCUT2D eigenvalue weighted by Gasteiger charge is 2.22. The number of rotatable bonds is 2. The first-order valence-electron chi connectivity index (χ1n) is 14.5. The van der Waals surface area contributed by atoms with Crippen molar-refractivity contribution in [1.29, 1.82) is 0 Å². The first kappa shape index (κ1) is 23.2. The maximum atomic E-state index is 4.73. The second-order valence-electron chi connectivity index (χ2n) is 11.1. The van der Waals surface area contributed by atoms with E-state index < -0.39 is 0 Å². The van der Waals surface area contributed by atoms with E-state index >= 15 is 0 Å². The van der Waals surface area contributed by atoms with E-state index in [-0.39, 0.29) is 0 Å². The Morgan fingerprint density at radius 2 is 0.595 bits per heavy atom. The van der Waals surface area contributed by atoms with E-state index in [1.807, 2.05) is 6.20 Å². The number of hydrogen-bond donors (Lipinski definition) is 0. The van der Waals surface area contributed by atoms with Crippen molar-refractivity contribution in [3.05, 3.63) is 152 Å². The second kappa shape index (κ2) is 8.99. The molecule has 1 nitrogen and oxygen atoms in total. The summed E-state index contributed by atoms with van der Waals surface area (Å²) in [6.07, 6.45) is 4.02. The van der Waals surface area contributed by atoms with Gasteiger partial charge in [0.1, 0.15) is 0 Å². The van der Waals surface area contributed by atoms with Crippen LogP contribution in [-0.4, -0.2) is 4.98 Å². The van der Waals surface area contributed by atoms with E-state index in [0.29, 0.717) is 0 Å². The Morgan fingerprint density at radius 3 is 1.02 bits per heavy atom. The molecule has 0 aliphatic carbocycles. The zero-order valence-electron chi connectivity index (χ0n) is 22.9. The molecule has 0 spiro atoms. The molecule has 0 saturated heterocycles. The Morgan fingerprint density at radius 1 is 0.286 bits per heavy atom. The molecule has 1 heteroatoms. The molecule has 9 aromatic rings. The molecular formula is C41H25N. The number of benzene rings is 8. The molecule has 0 atom stereocenters. The molecule has 8 aromatic carbocycles. The average Bonchev–Trinajstić information content (AvgIpc) is 3.05. The third-order valence-electron chi connectivity index (χ3n) is 8.87. The van der Waals surface area contributed by atoms with Gasteiger partial charge in [0.25, 0.3) is 0 Å². The molecule has 0 amide bonds. The van der Waals surface area contributed by atoms with Crippen LogP contribution < -0.4 is 0 Å². The van der Waals surface area contributed by atoms with Gasteiger partial charge in [-0.05, 0) is 94.1 Å². The van der Waals surface area contributed by atoms with Crippen LogP contribution in [0.25, 0.3) is 86.9 Å². The van der Waals surface area contributed by atoms with Gasteiger partial charge in [-0.2, -0.15) is 0 Å². The van der Waals surface area contributed by atoms with E-state index in [2.05, 4.69) is 146 Å². The van der Waals surface area contributed by atoms with Crippen molar-refractivity contribution < 1.29 is 0 Å². The van der Waals surface area contributed by atoms with Crippen LogP contribution in [0, 0.1) is 0 Å². The lowest BCUT2D eigenvalue weighted by atomic mass is 9.81. The zero-order valence-corrected chi connectivity index (χ0v) is 22.9. The highest BCUT2D eigenvalue weighted by molar-refractivity contribution is 6.30. The van der Waals surface area contributed by atoms with Crippen LogP contribution in [0.2, 0.25) is 0 Å². The molecular weight excluding hydrogens is 506 g/mol. The van der Waals surface area contributed by atoms with Gasteiger partial charge in [-0.25, -0.2) is 0 Å². The molecule has 0 saturated carbocycles. The summed E-state index contributed by atoms with van der Waals surface area (Å²) in [6, 6.07) is 50.9. The number of pyridine rings is 1. The van der Waals surface area contributed by atoms with Crippen LogP contribution >= 0.6 is 0 Å². The second-order valence-corrected chi connectivity index (χ2v) is 11.1. The molecule has 9 rings (SSSR count). The lowest BCUT2D eigenvalue weighted by Gasteiger charge is -2.21. The van der Waals surface area contributed by atoms with Gasteiger partial charge < -0.3 is 0 Å². The van der Waals surface area contributed by atoms with E-state index in [1.54, 1.807) is 0 Å². The van der Waals surface area contributed by atoms with E-state index in [0.717, 1.165) is 0 Å². The summed E-state index contributed by atoms with van der Waals surface area (Å²) >= 11 is 0.